The van der Waals surface area contributed by atoms with Crippen molar-refractivity contribution in [1.82, 2.24) is 4.98 Å². The highest BCUT2D eigenvalue weighted by Crippen LogP contribution is 2.65. The van der Waals surface area contributed by atoms with E-state index >= 15 is 0 Å². The van der Waals surface area contributed by atoms with Crippen LogP contribution in [0.4, 0.5) is 5.69 Å². The van der Waals surface area contributed by atoms with Crippen LogP contribution in [0.5, 0.6) is 0 Å². The van der Waals surface area contributed by atoms with Crippen molar-refractivity contribution in [2.75, 3.05) is 5.32 Å². The Hall–Kier alpha value is -1.09. The lowest BCUT2D eigenvalue weighted by Crippen LogP contribution is -2.52. The number of aliphatic hydroxyl groups is 1. The van der Waals surface area contributed by atoms with Crippen molar-refractivity contribution >= 4 is 5.69 Å². The molecular formula is C29H46N2O. The van der Waals surface area contributed by atoms with Crippen LogP contribution in [-0.2, 0) is 0 Å². The molecule has 1 heterocycles. The average Bonchev–Trinajstić information content (AvgIpc) is 3.12. The van der Waals surface area contributed by atoms with Crippen molar-refractivity contribution in [2.45, 2.75) is 110 Å². The minimum Gasteiger partial charge on any atom is -0.390 e. The second-order valence-electron chi connectivity index (χ2n) is 12.5. The molecule has 3 nitrogen and oxygen atoms in total. The molecule has 0 spiro atoms. The summed E-state index contributed by atoms with van der Waals surface area (Å²) in [6.07, 6.45) is 16.0. The standard InChI is InChI=1S/C29H46N2O/c1-5-14-29(32)16-13-23-21(17-29)7-9-25-24(23)12-15-28(4)26(10-11-27(25)28)20(3)31-22-8-6-19(2)30-18-22/h6,8,18,20-21,23-27,31-32H,5,7,9-17H2,1-4H3/t20-,21+,23-,24+,25+,26+,27-,28+,29+/m0/s1. The largest absolute Gasteiger partial charge is 0.390 e. The maximum atomic E-state index is 11.1. The van der Waals surface area contributed by atoms with Crippen LogP contribution in [-0.4, -0.2) is 21.7 Å². The fourth-order valence-corrected chi connectivity index (χ4v) is 9.43. The lowest BCUT2D eigenvalue weighted by atomic mass is 9.48. The molecule has 0 aromatic carbocycles. The van der Waals surface area contributed by atoms with E-state index < -0.39 is 0 Å². The third kappa shape index (κ3) is 3.91. The third-order valence-electron chi connectivity index (χ3n) is 10.8. The van der Waals surface area contributed by atoms with Gasteiger partial charge in [0.15, 0.2) is 0 Å². The molecule has 2 N–H and O–H groups in total. The van der Waals surface area contributed by atoms with Crippen LogP contribution in [0.1, 0.15) is 97.1 Å². The molecule has 0 bridgehead atoms. The molecule has 0 saturated heterocycles. The van der Waals surface area contributed by atoms with Gasteiger partial charge in [0.2, 0.25) is 0 Å². The van der Waals surface area contributed by atoms with Gasteiger partial charge in [0.1, 0.15) is 0 Å². The number of nitrogens with one attached hydrogen (secondary N) is 1. The molecule has 4 aliphatic carbocycles. The zero-order valence-corrected chi connectivity index (χ0v) is 20.9. The summed E-state index contributed by atoms with van der Waals surface area (Å²) in [5.41, 5.74) is 2.39. The van der Waals surface area contributed by atoms with Crippen molar-refractivity contribution in [1.29, 1.82) is 0 Å². The molecule has 5 rings (SSSR count). The summed E-state index contributed by atoms with van der Waals surface area (Å²) in [4.78, 5) is 4.49. The summed E-state index contributed by atoms with van der Waals surface area (Å²) in [7, 11) is 0. The first-order chi connectivity index (χ1) is 15.3. The van der Waals surface area contributed by atoms with Crippen LogP contribution in [0.15, 0.2) is 18.3 Å². The lowest BCUT2D eigenvalue weighted by Gasteiger charge is -2.57. The molecule has 32 heavy (non-hydrogen) atoms. The smallest absolute Gasteiger partial charge is 0.0650 e. The molecule has 3 heteroatoms. The molecular weight excluding hydrogens is 392 g/mol. The lowest BCUT2D eigenvalue weighted by molar-refractivity contribution is -0.108. The summed E-state index contributed by atoms with van der Waals surface area (Å²) < 4.78 is 0. The van der Waals surface area contributed by atoms with Gasteiger partial charge >= 0.3 is 0 Å². The second kappa shape index (κ2) is 8.60. The molecule has 0 amide bonds. The Morgan fingerprint density at radius 2 is 1.88 bits per heavy atom. The molecule has 4 fully saturated rings. The van der Waals surface area contributed by atoms with Crippen LogP contribution in [0.25, 0.3) is 0 Å². The van der Waals surface area contributed by atoms with Gasteiger partial charge in [-0.25, -0.2) is 0 Å². The summed E-state index contributed by atoms with van der Waals surface area (Å²) in [6, 6.07) is 4.80. The Morgan fingerprint density at radius 3 is 2.62 bits per heavy atom. The number of fused-ring (bicyclic) bond motifs is 5. The van der Waals surface area contributed by atoms with Gasteiger partial charge in [0.05, 0.1) is 17.5 Å². The van der Waals surface area contributed by atoms with Crippen LogP contribution in [0.3, 0.4) is 0 Å². The van der Waals surface area contributed by atoms with Gasteiger partial charge < -0.3 is 10.4 Å². The van der Waals surface area contributed by atoms with Crippen LogP contribution >= 0.6 is 0 Å². The van der Waals surface area contributed by atoms with Gasteiger partial charge in [0.25, 0.3) is 0 Å². The molecule has 4 aliphatic rings. The first-order valence-corrected chi connectivity index (χ1v) is 13.7. The number of rotatable bonds is 5. The maximum Gasteiger partial charge on any atom is 0.0650 e. The van der Waals surface area contributed by atoms with Crippen LogP contribution in [0.2, 0.25) is 0 Å². The number of hydrogen-bond acceptors (Lipinski definition) is 3. The number of aromatic nitrogens is 1. The van der Waals surface area contributed by atoms with Gasteiger partial charge in [0, 0.05) is 11.7 Å². The number of anilines is 1. The van der Waals surface area contributed by atoms with Crippen molar-refractivity contribution in [2.24, 2.45) is 40.9 Å². The first-order valence-electron chi connectivity index (χ1n) is 13.7. The fourth-order valence-electron chi connectivity index (χ4n) is 9.43. The van der Waals surface area contributed by atoms with E-state index in [4.69, 9.17) is 0 Å². The van der Waals surface area contributed by atoms with E-state index in [1.165, 1.54) is 50.6 Å². The number of aryl methyl sites for hydroxylation is 1. The van der Waals surface area contributed by atoms with Crippen molar-refractivity contribution in [3.63, 3.8) is 0 Å². The summed E-state index contributed by atoms with van der Waals surface area (Å²) in [6.45, 7) is 9.34. The normalized spacial score (nSPS) is 44.3. The van der Waals surface area contributed by atoms with Gasteiger partial charge in [-0.05, 0) is 131 Å². The highest BCUT2D eigenvalue weighted by Gasteiger charge is 2.58. The summed E-state index contributed by atoms with van der Waals surface area (Å²) in [5, 5.41) is 14.9. The van der Waals surface area contributed by atoms with Gasteiger partial charge in [-0.2, -0.15) is 0 Å². The Kier molecular flexibility index (Phi) is 6.10. The molecule has 1 aromatic heterocycles. The van der Waals surface area contributed by atoms with E-state index in [9.17, 15) is 5.11 Å². The maximum absolute atomic E-state index is 11.1. The molecule has 178 valence electrons. The van der Waals surface area contributed by atoms with E-state index in [0.717, 1.165) is 66.9 Å². The average molecular weight is 439 g/mol. The fraction of sp³-hybridized carbons (Fsp3) is 0.828. The minimum absolute atomic E-state index is 0.351. The van der Waals surface area contributed by atoms with E-state index in [0.29, 0.717) is 11.5 Å². The summed E-state index contributed by atoms with van der Waals surface area (Å²) in [5.74, 6) is 5.21. The van der Waals surface area contributed by atoms with E-state index in [-0.39, 0.29) is 5.60 Å². The zero-order valence-electron chi connectivity index (χ0n) is 20.9. The van der Waals surface area contributed by atoms with Gasteiger partial charge in [-0.1, -0.05) is 20.3 Å². The third-order valence-corrected chi connectivity index (χ3v) is 10.8. The topological polar surface area (TPSA) is 45.1 Å². The van der Waals surface area contributed by atoms with Crippen LogP contribution < -0.4 is 5.32 Å². The first kappa shape index (κ1) is 22.7. The Balaban J connectivity index is 1.27. The van der Waals surface area contributed by atoms with Crippen molar-refractivity contribution < 1.29 is 5.11 Å². The molecule has 0 radical (unpaired) electrons. The molecule has 0 unspecified atom stereocenters. The SMILES string of the molecule is CCC[C@@]1(O)CC[C@H]2[C@H](CC[C@@H]3[C@@H]2CC[C@]2(C)[C@@H]([C@H](C)Nc4ccc(C)nc4)CC[C@@H]32)C1. The Morgan fingerprint density at radius 1 is 1.06 bits per heavy atom. The quantitative estimate of drug-likeness (QED) is 0.521. The van der Waals surface area contributed by atoms with Crippen molar-refractivity contribution in [3.05, 3.63) is 24.0 Å². The molecule has 9 atom stereocenters. The number of nitrogens with zero attached hydrogens (tertiary/aromatic N) is 1. The summed E-state index contributed by atoms with van der Waals surface area (Å²) >= 11 is 0. The van der Waals surface area contributed by atoms with Crippen LogP contribution in [0, 0.1) is 47.8 Å². The molecule has 1 aromatic rings. The van der Waals surface area contributed by atoms with E-state index in [1.807, 2.05) is 6.20 Å². The van der Waals surface area contributed by atoms with Gasteiger partial charge in [-0.15, -0.1) is 0 Å². The molecule has 4 saturated carbocycles. The zero-order chi connectivity index (χ0) is 22.5. The number of hydrogen-bond donors (Lipinski definition) is 2. The highest BCUT2D eigenvalue weighted by atomic mass is 16.3. The van der Waals surface area contributed by atoms with Crippen molar-refractivity contribution in [3.8, 4) is 0 Å². The van der Waals surface area contributed by atoms with Gasteiger partial charge in [-0.3, -0.25) is 4.98 Å². The second-order valence-corrected chi connectivity index (χ2v) is 12.5. The minimum atomic E-state index is -0.351. The van der Waals surface area contributed by atoms with E-state index in [2.05, 4.69) is 50.1 Å². The number of pyridine rings is 1. The Bertz CT molecular complexity index is 793. The van der Waals surface area contributed by atoms with E-state index in [1.54, 1.807) is 0 Å². The predicted molar refractivity (Wildman–Crippen MR) is 133 cm³/mol. The Labute approximate surface area is 196 Å². The molecule has 0 aliphatic heterocycles. The predicted octanol–water partition coefficient (Wildman–Crippen LogP) is 6.99. The monoisotopic (exact) mass is 438 g/mol. The highest BCUT2D eigenvalue weighted by molar-refractivity contribution is 5.42.